The van der Waals surface area contributed by atoms with E-state index in [1.54, 1.807) is 0 Å². The fraction of sp³-hybridized carbons (Fsp3) is 0.810. The Kier molecular flexibility index (Phi) is 10.2. The molecule has 0 saturated carbocycles. The summed E-state index contributed by atoms with van der Waals surface area (Å²) in [5.41, 5.74) is -0.0604. The Morgan fingerprint density at radius 3 is 2.33 bits per heavy atom. The van der Waals surface area contributed by atoms with Crippen LogP contribution < -0.4 is 21.3 Å². The summed E-state index contributed by atoms with van der Waals surface area (Å²) in [6, 6.07) is -2.18. The Bertz CT molecular complexity index is 611. The van der Waals surface area contributed by atoms with Crippen molar-refractivity contribution in [2.24, 2.45) is 11.3 Å². The number of nitrogens with one attached hydrogen (secondary N) is 4. The molecule has 9 heteroatoms. The normalized spacial score (nSPS) is 19.4. The van der Waals surface area contributed by atoms with Crippen LogP contribution >= 0.6 is 0 Å². The van der Waals surface area contributed by atoms with Crippen molar-refractivity contribution in [2.75, 3.05) is 13.1 Å². The molecule has 0 unspecified atom stereocenters. The summed E-state index contributed by atoms with van der Waals surface area (Å²) in [6.07, 6.45) is 3.20. The van der Waals surface area contributed by atoms with E-state index in [1.807, 2.05) is 34.6 Å². The maximum absolute atomic E-state index is 12.8. The van der Waals surface area contributed by atoms with Crippen molar-refractivity contribution in [2.45, 2.75) is 84.8 Å². The number of carbonyl (C=O) groups is 4. The van der Waals surface area contributed by atoms with Crippen LogP contribution in [0, 0.1) is 11.3 Å². The van der Waals surface area contributed by atoms with Crippen molar-refractivity contribution < 1.29 is 24.3 Å². The zero-order chi connectivity index (χ0) is 22.9. The molecular weight excluding hydrogens is 388 g/mol. The van der Waals surface area contributed by atoms with E-state index >= 15 is 0 Å². The maximum atomic E-state index is 12.8. The topological polar surface area (TPSA) is 137 Å². The third-order valence-corrected chi connectivity index (χ3v) is 5.41. The Morgan fingerprint density at radius 2 is 1.83 bits per heavy atom. The molecule has 3 amide bonds. The minimum atomic E-state index is -1.10. The van der Waals surface area contributed by atoms with E-state index < -0.39 is 29.9 Å². The van der Waals surface area contributed by atoms with E-state index in [2.05, 4.69) is 21.3 Å². The highest BCUT2D eigenvalue weighted by atomic mass is 16.4. The van der Waals surface area contributed by atoms with Crippen LogP contribution in [0.2, 0.25) is 0 Å². The molecule has 30 heavy (non-hydrogen) atoms. The van der Waals surface area contributed by atoms with Crippen molar-refractivity contribution in [3.8, 4) is 0 Å². The summed E-state index contributed by atoms with van der Waals surface area (Å²) in [5, 5.41) is 20.3. The SMILES string of the molecule is CC[C@H](C)[C@H](NC(=O)CNC(=O)[C@@H]1CCCN1)C(=O)N[C@@H](CCC(C)(C)C)C(=O)O. The van der Waals surface area contributed by atoms with Gasteiger partial charge in [0.2, 0.25) is 17.7 Å². The summed E-state index contributed by atoms with van der Waals surface area (Å²) >= 11 is 0. The van der Waals surface area contributed by atoms with Crippen molar-refractivity contribution in [3.63, 3.8) is 0 Å². The second kappa shape index (κ2) is 11.9. The lowest BCUT2D eigenvalue weighted by atomic mass is 9.88. The minimum Gasteiger partial charge on any atom is -0.480 e. The molecule has 1 saturated heterocycles. The molecule has 172 valence electrons. The van der Waals surface area contributed by atoms with Crippen molar-refractivity contribution in [1.82, 2.24) is 21.3 Å². The number of amides is 3. The van der Waals surface area contributed by atoms with E-state index in [0.717, 1.165) is 19.4 Å². The predicted molar refractivity (Wildman–Crippen MR) is 114 cm³/mol. The standard InChI is InChI=1S/C21H38N4O5/c1-6-13(2)17(19(28)24-15(20(29)30)9-10-21(3,4)5)25-16(26)12-23-18(27)14-8-7-11-22-14/h13-15,17,22H,6-12H2,1-5H3,(H,23,27)(H,24,28)(H,25,26)(H,29,30)/t13-,14-,15-,17-/m0/s1. The quantitative estimate of drug-likeness (QED) is 0.331. The summed E-state index contributed by atoms with van der Waals surface area (Å²) in [7, 11) is 0. The first kappa shape index (κ1) is 25.9. The molecule has 5 N–H and O–H groups in total. The molecule has 0 aromatic carbocycles. The van der Waals surface area contributed by atoms with Gasteiger partial charge in [-0.05, 0) is 43.6 Å². The average Bonchev–Trinajstić information content (AvgIpc) is 3.20. The highest BCUT2D eigenvalue weighted by molar-refractivity contribution is 5.92. The second-order valence-electron chi connectivity index (χ2n) is 9.30. The van der Waals surface area contributed by atoms with Gasteiger partial charge >= 0.3 is 5.97 Å². The smallest absolute Gasteiger partial charge is 0.326 e. The zero-order valence-corrected chi connectivity index (χ0v) is 18.8. The molecule has 0 aliphatic carbocycles. The minimum absolute atomic E-state index is 0.0604. The van der Waals surface area contributed by atoms with Crippen molar-refractivity contribution in [3.05, 3.63) is 0 Å². The van der Waals surface area contributed by atoms with Crippen LogP contribution in [0.3, 0.4) is 0 Å². The average molecular weight is 427 g/mol. The Morgan fingerprint density at radius 1 is 1.17 bits per heavy atom. The van der Waals surface area contributed by atoms with Crippen LogP contribution in [-0.2, 0) is 19.2 Å². The van der Waals surface area contributed by atoms with Crippen LogP contribution in [0.1, 0.15) is 66.7 Å². The molecule has 0 radical (unpaired) electrons. The first-order valence-electron chi connectivity index (χ1n) is 10.8. The van der Waals surface area contributed by atoms with Gasteiger partial charge in [0.05, 0.1) is 12.6 Å². The van der Waals surface area contributed by atoms with E-state index in [1.165, 1.54) is 0 Å². The van der Waals surface area contributed by atoms with Gasteiger partial charge in [0.1, 0.15) is 12.1 Å². The summed E-state index contributed by atoms with van der Waals surface area (Å²) in [6.45, 7) is 10.3. The van der Waals surface area contributed by atoms with Gasteiger partial charge < -0.3 is 26.4 Å². The van der Waals surface area contributed by atoms with Crippen LogP contribution in [0.5, 0.6) is 0 Å². The van der Waals surface area contributed by atoms with Gasteiger partial charge in [-0.25, -0.2) is 4.79 Å². The molecule has 9 nitrogen and oxygen atoms in total. The largest absolute Gasteiger partial charge is 0.480 e. The third kappa shape index (κ3) is 9.11. The van der Waals surface area contributed by atoms with E-state index in [4.69, 9.17) is 0 Å². The fourth-order valence-electron chi connectivity index (χ4n) is 3.22. The number of carboxylic acid groups (broad SMARTS) is 1. The monoisotopic (exact) mass is 426 g/mol. The molecular formula is C21H38N4O5. The van der Waals surface area contributed by atoms with Crippen LogP contribution in [0.4, 0.5) is 0 Å². The number of carboxylic acids is 1. The van der Waals surface area contributed by atoms with Gasteiger partial charge in [0, 0.05) is 0 Å². The number of carbonyl (C=O) groups excluding carboxylic acids is 3. The highest BCUT2D eigenvalue weighted by Gasteiger charge is 2.30. The first-order chi connectivity index (χ1) is 13.9. The first-order valence-corrected chi connectivity index (χ1v) is 10.8. The predicted octanol–water partition coefficient (Wildman–Crippen LogP) is 0.781. The van der Waals surface area contributed by atoms with Crippen LogP contribution in [-0.4, -0.2) is 60.0 Å². The number of aliphatic carboxylic acids is 1. The summed E-state index contributed by atoms with van der Waals surface area (Å²) < 4.78 is 0. The van der Waals surface area contributed by atoms with Gasteiger partial charge in [-0.3, -0.25) is 14.4 Å². The molecule has 0 aromatic heterocycles. The lowest BCUT2D eigenvalue weighted by molar-refractivity contribution is -0.143. The summed E-state index contributed by atoms with van der Waals surface area (Å²) in [5.74, 6) is -2.54. The van der Waals surface area contributed by atoms with Crippen molar-refractivity contribution >= 4 is 23.7 Å². The number of hydrogen-bond acceptors (Lipinski definition) is 5. The Balaban J connectivity index is 2.67. The molecule has 0 aromatic rings. The molecule has 1 heterocycles. The molecule has 0 spiro atoms. The lowest BCUT2D eigenvalue weighted by Gasteiger charge is -2.27. The van der Waals surface area contributed by atoms with E-state index in [9.17, 15) is 24.3 Å². The second-order valence-corrected chi connectivity index (χ2v) is 9.30. The molecule has 1 fully saturated rings. The highest BCUT2D eigenvalue weighted by Crippen LogP contribution is 2.22. The van der Waals surface area contributed by atoms with Gasteiger partial charge in [-0.15, -0.1) is 0 Å². The molecule has 4 atom stereocenters. The van der Waals surface area contributed by atoms with Gasteiger partial charge in [-0.2, -0.15) is 0 Å². The van der Waals surface area contributed by atoms with E-state index in [0.29, 0.717) is 19.3 Å². The van der Waals surface area contributed by atoms with Crippen LogP contribution in [0.15, 0.2) is 0 Å². The van der Waals surface area contributed by atoms with Gasteiger partial charge in [0.25, 0.3) is 0 Å². The van der Waals surface area contributed by atoms with E-state index in [-0.39, 0.29) is 29.8 Å². The fourth-order valence-corrected chi connectivity index (χ4v) is 3.22. The number of hydrogen-bond donors (Lipinski definition) is 5. The summed E-state index contributed by atoms with van der Waals surface area (Å²) in [4.78, 5) is 48.7. The lowest BCUT2D eigenvalue weighted by Crippen LogP contribution is -2.55. The molecule has 1 rings (SSSR count). The van der Waals surface area contributed by atoms with Crippen LogP contribution in [0.25, 0.3) is 0 Å². The molecule has 1 aliphatic heterocycles. The maximum Gasteiger partial charge on any atom is 0.326 e. The Labute approximate surface area is 179 Å². The van der Waals surface area contributed by atoms with Gasteiger partial charge in [0.15, 0.2) is 0 Å². The zero-order valence-electron chi connectivity index (χ0n) is 18.8. The third-order valence-electron chi connectivity index (χ3n) is 5.41. The Hall–Kier alpha value is -2.16. The molecule has 0 bridgehead atoms. The molecule has 1 aliphatic rings. The van der Waals surface area contributed by atoms with Crippen molar-refractivity contribution in [1.29, 1.82) is 0 Å². The van der Waals surface area contributed by atoms with Gasteiger partial charge in [-0.1, -0.05) is 41.0 Å². The number of rotatable bonds is 11.